The van der Waals surface area contributed by atoms with Crippen molar-refractivity contribution in [1.82, 2.24) is 9.97 Å². The summed E-state index contributed by atoms with van der Waals surface area (Å²) in [6.07, 6.45) is 1.77. The Labute approximate surface area is 167 Å². The van der Waals surface area contributed by atoms with Crippen molar-refractivity contribution < 1.29 is 9.53 Å². The number of carbonyl (C=O) groups excluding carboxylic acids is 1. The molecule has 0 bridgehead atoms. The lowest BCUT2D eigenvalue weighted by molar-refractivity contribution is -0.118. The van der Waals surface area contributed by atoms with Crippen LogP contribution in [0, 0.1) is 13.8 Å². The van der Waals surface area contributed by atoms with Crippen LogP contribution < -0.4 is 10.1 Å². The third-order valence-corrected chi connectivity index (χ3v) is 5.31. The molecule has 6 heteroatoms. The summed E-state index contributed by atoms with van der Waals surface area (Å²) in [5.74, 6) is 0.535. The number of hydrogen-bond acceptors (Lipinski definition) is 5. The molecule has 0 aliphatic rings. The van der Waals surface area contributed by atoms with E-state index in [0.717, 1.165) is 43.5 Å². The second kappa shape index (κ2) is 7.78. The molecule has 0 fully saturated rings. The number of pyridine rings is 1. The number of nitrogens with zero attached hydrogens (tertiary/aromatic N) is 2. The monoisotopic (exact) mass is 389 g/mol. The Balaban J connectivity index is 1.40. The zero-order valence-corrected chi connectivity index (χ0v) is 16.4. The number of aryl methyl sites for hydroxylation is 2. The Morgan fingerprint density at radius 3 is 2.71 bits per heavy atom. The third kappa shape index (κ3) is 4.02. The van der Waals surface area contributed by atoms with Crippen molar-refractivity contribution in [2.24, 2.45) is 0 Å². The topological polar surface area (TPSA) is 64.1 Å². The van der Waals surface area contributed by atoms with E-state index in [1.165, 1.54) is 0 Å². The number of benzene rings is 2. The van der Waals surface area contributed by atoms with Crippen molar-refractivity contribution in [3.63, 3.8) is 0 Å². The predicted molar refractivity (Wildman–Crippen MR) is 113 cm³/mol. The minimum Gasteiger partial charge on any atom is -0.483 e. The van der Waals surface area contributed by atoms with Gasteiger partial charge in [0.15, 0.2) is 6.61 Å². The largest absolute Gasteiger partial charge is 0.483 e. The van der Waals surface area contributed by atoms with E-state index >= 15 is 0 Å². The van der Waals surface area contributed by atoms with E-state index in [2.05, 4.69) is 15.3 Å². The van der Waals surface area contributed by atoms with Crippen molar-refractivity contribution in [3.8, 4) is 16.3 Å². The average molecular weight is 389 g/mol. The molecule has 0 saturated carbocycles. The highest BCUT2D eigenvalue weighted by molar-refractivity contribution is 7.21. The van der Waals surface area contributed by atoms with Gasteiger partial charge in [-0.05, 0) is 67.4 Å². The number of rotatable bonds is 5. The normalized spacial score (nSPS) is 10.8. The smallest absolute Gasteiger partial charge is 0.262 e. The Hall–Kier alpha value is -3.25. The number of ether oxygens (including phenoxy) is 1. The average Bonchev–Trinajstić information content (AvgIpc) is 3.13. The molecule has 2 aromatic carbocycles. The van der Waals surface area contributed by atoms with Crippen molar-refractivity contribution in [2.75, 3.05) is 11.9 Å². The highest BCUT2D eigenvalue weighted by Crippen LogP contribution is 2.29. The summed E-state index contributed by atoms with van der Waals surface area (Å²) in [4.78, 5) is 22.0. The number of carbonyl (C=O) groups is 1. The maximum Gasteiger partial charge on any atom is 0.262 e. The number of hydrogen-bond donors (Lipinski definition) is 1. The third-order valence-electron chi connectivity index (χ3n) is 4.28. The molecule has 2 aromatic heterocycles. The molecule has 140 valence electrons. The van der Waals surface area contributed by atoms with Gasteiger partial charge >= 0.3 is 0 Å². The van der Waals surface area contributed by atoms with Gasteiger partial charge in [-0.1, -0.05) is 23.5 Å². The van der Waals surface area contributed by atoms with Crippen LogP contribution in [-0.2, 0) is 4.79 Å². The maximum absolute atomic E-state index is 12.2. The van der Waals surface area contributed by atoms with E-state index < -0.39 is 0 Å². The summed E-state index contributed by atoms with van der Waals surface area (Å²) >= 11 is 1.55. The van der Waals surface area contributed by atoms with Crippen molar-refractivity contribution in [1.29, 1.82) is 0 Å². The predicted octanol–water partition coefficient (Wildman–Crippen LogP) is 4.99. The highest BCUT2D eigenvalue weighted by Gasteiger charge is 2.09. The van der Waals surface area contributed by atoms with Crippen LogP contribution in [0.25, 0.3) is 20.9 Å². The molecule has 0 radical (unpaired) electrons. The van der Waals surface area contributed by atoms with Gasteiger partial charge in [-0.25, -0.2) is 9.97 Å². The van der Waals surface area contributed by atoms with Crippen LogP contribution in [0.1, 0.15) is 11.1 Å². The first-order valence-corrected chi connectivity index (χ1v) is 9.72. The van der Waals surface area contributed by atoms with Gasteiger partial charge in [0.1, 0.15) is 21.1 Å². The molecular formula is C22H19N3O2S. The lowest BCUT2D eigenvalue weighted by Gasteiger charge is -2.10. The summed E-state index contributed by atoms with van der Waals surface area (Å²) in [5.41, 5.74) is 4.71. The number of fused-ring (bicyclic) bond motifs is 1. The fourth-order valence-electron chi connectivity index (χ4n) is 2.79. The SMILES string of the molecule is Cc1ccc(C)c(OCC(=O)Nc2ccc(-c3nc4cccnc4s3)cc2)c1. The molecule has 4 aromatic rings. The number of anilines is 1. The van der Waals surface area contributed by atoms with Gasteiger partial charge < -0.3 is 10.1 Å². The molecule has 1 amide bonds. The van der Waals surface area contributed by atoms with Crippen LogP contribution in [0.3, 0.4) is 0 Å². The van der Waals surface area contributed by atoms with Gasteiger partial charge in [-0.3, -0.25) is 4.79 Å². The van der Waals surface area contributed by atoms with Crippen molar-refractivity contribution in [3.05, 3.63) is 71.9 Å². The van der Waals surface area contributed by atoms with E-state index in [1.807, 2.05) is 68.4 Å². The molecule has 0 unspecified atom stereocenters. The first-order chi connectivity index (χ1) is 13.6. The lowest BCUT2D eigenvalue weighted by Crippen LogP contribution is -2.20. The summed E-state index contributed by atoms with van der Waals surface area (Å²) in [5, 5.41) is 3.77. The van der Waals surface area contributed by atoms with Crippen LogP contribution in [-0.4, -0.2) is 22.5 Å². The number of thiazole rings is 1. The first-order valence-electron chi connectivity index (χ1n) is 8.90. The Morgan fingerprint density at radius 2 is 1.93 bits per heavy atom. The van der Waals surface area contributed by atoms with E-state index in [-0.39, 0.29) is 12.5 Å². The summed E-state index contributed by atoms with van der Waals surface area (Å²) in [6, 6.07) is 17.4. The van der Waals surface area contributed by atoms with E-state index in [1.54, 1.807) is 17.5 Å². The second-order valence-electron chi connectivity index (χ2n) is 6.53. The maximum atomic E-state index is 12.2. The molecule has 28 heavy (non-hydrogen) atoms. The molecule has 0 spiro atoms. The van der Waals surface area contributed by atoms with Gasteiger partial charge in [0.05, 0.1) is 0 Å². The number of aromatic nitrogens is 2. The molecule has 2 heterocycles. The molecule has 0 atom stereocenters. The van der Waals surface area contributed by atoms with Crippen molar-refractivity contribution in [2.45, 2.75) is 13.8 Å². The quantitative estimate of drug-likeness (QED) is 0.522. The second-order valence-corrected chi connectivity index (χ2v) is 7.51. The Bertz CT molecular complexity index is 1100. The van der Waals surface area contributed by atoms with E-state index in [4.69, 9.17) is 4.74 Å². The molecule has 5 nitrogen and oxygen atoms in total. The summed E-state index contributed by atoms with van der Waals surface area (Å²) in [7, 11) is 0. The molecule has 0 aliphatic carbocycles. The number of nitrogens with one attached hydrogen (secondary N) is 1. The summed E-state index contributed by atoms with van der Waals surface area (Å²) < 4.78 is 5.65. The molecule has 0 saturated heterocycles. The molecule has 0 aliphatic heterocycles. The fourth-order valence-corrected chi connectivity index (χ4v) is 3.71. The van der Waals surface area contributed by atoms with Crippen LogP contribution >= 0.6 is 11.3 Å². The Kier molecular flexibility index (Phi) is 5.04. The van der Waals surface area contributed by atoms with Crippen molar-refractivity contribution >= 4 is 33.3 Å². The van der Waals surface area contributed by atoms with Crippen LogP contribution in [0.4, 0.5) is 5.69 Å². The molecule has 1 N–H and O–H groups in total. The standard InChI is InChI=1S/C22H19N3O2S/c1-14-5-6-15(2)19(12-14)27-13-20(26)24-17-9-7-16(8-10-17)21-25-18-4-3-11-23-22(18)28-21/h3-12H,13H2,1-2H3,(H,24,26). The van der Waals surface area contributed by atoms with Gasteiger partial charge in [-0.2, -0.15) is 0 Å². The minimum atomic E-state index is -0.196. The lowest BCUT2D eigenvalue weighted by atomic mass is 10.1. The zero-order valence-electron chi connectivity index (χ0n) is 15.6. The highest BCUT2D eigenvalue weighted by atomic mass is 32.1. The minimum absolute atomic E-state index is 0.0322. The molecular weight excluding hydrogens is 370 g/mol. The number of amides is 1. The summed E-state index contributed by atoms with van der Waals surface area (Å²) in [6.45, 7) is 3.92. The van der Waals surface area contributed by atoms with Crippen LogP contribution in [0.15, 0.2) is 60.8 Å². The fraction of sp³-hybridized carbons (Fsp3) is 0.136. The zero-order chi connectivity index (χ0) is 19.5. The van der Waals surface area contributed by atoms with Crippen LogP contribution in [0.5, 0.6) is 5.75 Å². The van der Waals surface area contributed by atoms with Gasteiger partial charge in [0.25, 0.3) is 5.91 Å². The molecule has 4 rings (SSSR count). The first kappa shape index (κ1) is 18.1. The van der Waals surface area contributed by atoms with Gasteiger partial charge in [-0.15, -0.1) is 0 Å². The Morgan fingerprint density at radius 1 is 1.11 bits per heavy atom. The van der Waals surface area contributed by atoms with Gasteiger partial charge in [0, 0.05) is 17.4 Å². The van der Waals surface area contributed by atoms with E-state index in [0.29, 0.717) is 0 Å². The van der Waals surface area contributed by atoms with Gasteiger partial charge in [0.2, 0.25) is 0 Å². The van der Waals surface area contributed by atoms with E-state index in [9.17, 15) is 4.79 Å². The van der Waals surface area contributed by atoms with Crippen LogP contribution in [0.2, 0.25) is 0 Å².